The number of rotatable bonds is 4. The van der Waals surface area contributed by atoms with E-state index in [1.807, 2.05) is 0 Å². The van der Waals surface area contributed by atoms with Gasteiger partial charge in [-0.3, -0.25) is 0 Å². The molecule has 0 saturated heterocycles. The molecule has 0 spiro atoms. The molecule has 25 heavy (non-hydrogen) atoms. The highest BCUT2D eigenvalue weighted by atomic mass is 16.5. The third kappa shape index (κ3) is 6.05. The van der Waals surface area contributed by atoms with E-state index in [0.29, 0.717) is 0 Å². The van der Waals surface area contributed by atoms with Crippen LogP contribution in [0.2, 0.25) is 0 Å². The number of aryl methyl sites for hydroxylation is 1. The van der Waals surface area contributed by atoms with E-state index in [-0.39, 0.29) is 0 Å². The van der Waals surface area contributed by atoms with Gasteiger partial charge in [-0.25, -0.2) is 24.3 Å². The molecule has 14 heteroatoms. The third-order valence-corrected chi connectivity index (χ3v) is 2.34. The number of H-pyrrole nitrogens is 1. The molecule has 0 amide bonds. The second-order valence-electron chi connectivity index (χ2n) is 3.96. The fraction of sp³-hybridized carbons (Fsp3) is 0.273. The van der Waals surface area contributed by atoms with Crippen molar-refractivity contribution in [2.45, 2.75) is 0 Å². The summed E-state index contributed by atoms with van der Waals surface area (Å²) < 4.78 is 11.5. The Hall–Kier alpha value is -3.84. The van der Waals surface area contributed by atoms with Crippen LogP contribution >= 0.6 is 0 Å². The standard InChI is InChI=1S/C6H8N4O3.C5H6N4O3/c1-9-6(12)10(8-7-9)4-3-5(11)13-2;1-12-4(10)2-3-9-5(11)6-7-8-9/h3-4H,1-2H3;2-3H,1H3,(H,6,8,11)/b4-3+;3-2+. The van der Waals surface area contributed by atoms with Crippen molar-refractivity contribution in [3.63, 3.8) is 0 Å². The first kappa shape index (κ1) is 19.2. The number of aromatic amines is 1. The maximum atomic E-state index is 11.1. The molecular weight excluding hydrogens is 340 g/mol. The maximum absolute atomic E-state index is 11.1. The first-order valence-electron chi connectivity index (χ1n) is 6.39. The zero-order valence-corrected chi connectivity index (χ0v) is 13.4. The SMILES string of the molecule is COC(=O)/C=C/n1nn[nH]c1=O.COC(=O)/C=C/n1nnn(C)c1=O. The van der Waals surface area contributed by atoms with Gasteiger partial charge in [0.1, 0.15) is 0 Å². The van der Waals surface area contributed by atoms with Crippen molar-refractivity contribution in [1.82, 2.24) is 40.0 Å². The highest BCUT2D eigenvalue weighted by Gasteiger charge is 1.99. The van der Waals surface area contributed by atoms with E-state index in [1.165, 1.54) is 27.5 Å². The molecule has 0 bridgehead atoms. The Kier molecular flexibility index (Phi) is 7.17. The van der Waals surface area contributed by atoms with Crippen molar-refractivity contribution in [3.8, 4) is 0 Å². The molecular formula is C11H14N8O6. The van der Waals surface area contributed by atoms with Gasteiger partial charge < -0.3 is 9.47 Å². The maximum Gasteiger partial charge on any atom is 0.367 e. The van der Waals surface area contributed by atoms with Gasteiger partial charge in [-0.05, 0) is 20.9 Å². The summed E-state index contributed by atoms with van der Waals surface area (Å²) in [4.78, 5) is 42.9. The van der Waals surface area contributed by atoms with Gasteiger partial charge in [0.15, 0.2) is 0 Å². The fourth-order valence-electron chi connectivity index (χ4n) is 1.12. The molecule has 0 radical (unpaired) electrons. The number of carbonyl (C=O) groups excluding carboxylic acids is 2. The molecule has 0 unspecified atom stereocenters. The van der Waals surface area contributed by atoms with Crippen LogP contribution in [0, 0.1) is 0 Å². The van der Waals surface area contributed by atoms with Crippen LogP contribution in [-0.2, 0) is 26.1 Å². The summed E-state index contributed by atoms with van der Waals surface area (Å²) >= 11 is 0. The third-order valence-electron chi connectivity index (χ3n) is 2.34. The Morgan fingerprint density at radius 2 is 1.52 bits per heavy atom. The van der Waals surface area contributed by atoms with Gasteiger partial charge in [0.05, 0.1) is 14.2 Å². The molecule has 2 aromatic rings. The van der Waals surface area contributed by atoms with E-state index in [1.54, 1.807) is 0 Å². The van der Waals surface area contributed by atoms with Gasteiger partial charge in [-0.1, -0.05) is 0 Å². The number of hydrogen-bond donors (Lipinski definition) is 1. The number of aromatic nitrogens is 8. The lowest BCUT2D eigenvalue weighted by Gasteiger charge is -1.88. The van der Waals surface area contributed by atoms with Crippen molar-refractivity contribution in [3.05, 3.63) is 33.1 Å². The van der Waals surface area contributed by atoms with Crippen LogP contribution in [0.25, 0.3) is 12.4 Å². The van der Waals surface area contributed by atoms with Crippen LogP contribution in [0.15, 0.2) is 21.7 Å². The van der Waals surface area contributed by atoms with Gasteiger partial charge in [0.2, 0.25) is 0 Å². The van der Waals surface area contributed by atoms with Gasteiger partial charge in [0.25, 0.3) is 0 Å². The Balaban J connectivity index is 0.000000251. The van der Waals surface area contributed by atoms with Crippen LogP contribution in [0.4, 0.5) is 0 Å². The minimum atomic E-state index is -0.565. The molecule has 2 rings (SSSR count). The Bertz CT molecular complexity index is 885. The van der Waals surface area contributed by atoms with E-state index < -0.39 is 23.3 Å². The molecule has 1 N–H and O–H groups in total. The van der Waals surface area contributed by atoms with Crippen molar-refractivity contribution < 1.29 is 19.1 Å². The number of methoxy groups -OCH3 is 2. The smallest absolute Gasteiger partial charge is 0.367 e. The predicted octanol–water partition coefficient (Wildman–Crippen LogP) is -2.77. The van der Waals surface area contributed by atoms with Gasteiger partial charge in [-0.15, -0.1) is 0 Å². The predicted molar refractivity (Wildman–Crippen MR) is 80.6 cm³/mol. The zero-order chi connectivity index (χ0) is 18.8. The van der Waals surface area contributed by atoms with Crippen molar-refractivity contribution in [2.24, 2.45) is 7.05 Å². The average molecular weight is 354 g/mol. The molecule has 0 aromatic carbocycles. The summed E-state index contributed by atoms with van der Waals surface area (Å²) in [5.74, 6) is -1.12. The summed E-state index contributed by atoms with van der Waals surface area (Å²) in [7, 11) is 3.93. The van der Waals surface area contributed by atoms with Crippen molar-refractivity contribution >= 4 is 24.3 Å². The normalized spacial score (nSPS) is 10.5. The van der Waals surface area contributed by atoms with E-state index in [4.69, 9.17) is 0 Å². The Labute approximate surface area is 138 Å². The lowest BCUT2D eigenvalue weighted by molar-refractivity contribution is -0.135. The van der Waals surface area contributed by atoms with Crippen LogP contribution < -0.4 is 11.4 Å². The lowest BCUT2D eigenvalue weighted by atomic mass is 10.6. The number of tetrazole rings is 2. The molecule has 134 valence electrons. The average Bonchev–Trinajstić information content (AvgIpc) is 3.17. The number of carbonyl (C=O) groups is 2. The minimum absolute atomic E-state index is 0.430. The number of nitrogens with one attached hydrogen (secondary N) is 1. The molecule has 0 fully saturated rings. The van der Waals surface area contributed by atoms with Crippen LogP contribution in [0.3, 0.4) is 0 Å². The first-order valence-corrected chi connectivity index (χ1v) is 6.39. The number of hydrogen-bond acceptors (Lipinski definition) is 10. The number of ether oxygens (including phenoxy) is 2. The van der Waals surface area contributed by atoms with E-state index in [0.717, 1.165) is 32.4 Å². The van der Waals surface area contributed by atoms with E-state index in [2.05, 4.69) is 35.4 Å². The molecule has 0 saturated carbocycles. The monoisotopic (exact) mass is 354 g/mol. The van der Waals surface area contributed by atoms with Crippen LogP contribution in [-0.4, -0.2) is 66.2 Å². The molecule has 0 aliphatic rings. The molecule has 2 heterocycles. The highest BCUT2D eigenvalue weighted by Crippen LogP contribution is 1.80. The van der Waals surface area contributed by atoms with E-state index >= 15 is 0 Å². The Morgan fingerprint density at radius 3 is 1.92 bits per heavy atom. The summed E-state index contributed by atoms with van der Waals surface area (Å²) in [6, 6.07) is 0. The summed E-state index contributed by atoms with van der Waals surface area (Å²) in [6.45, 7) is 0. The summed E-state index contributed by atoms with van der Waals surface area (Å²) in [6.07, 6.45) is 4.47. The van der Waals surface area contributed by atoms with Gasteiger partial charge >= 0.3 is 23.3 Å². The van der Waals surface area contributed by atoms with Crippen LogP contribution in [0.5, 0.6) is 0 Å². The minimum Gasteiger partial charge on any atom is -0.466 e. The molecule has 2 aromatic heterocycles. The topological polar surface area (TPSA) is 169 Å². The van der Waals surface area contributed by atoms with Crippen LogP contribution in [0.1, 0.15) is 0 Å². The van der Waals surface area contributed by atoms with Gasteiger partial charge in [-0.2, -0.15) is 14.0 Å². The van der Waals surface area contributed by atoms with E-state index in [9.17, 15) is 19.2 Å². The number of esters is 2. The Morgan fingerprint density at radius 1 is 0.960 bits per heavy atom. The van der Waals surface area contributed by atoms with Crippen molar-refractivity contribution in [2.75, 3.05) is 14.2 Å². The second-order valence-corrected chi connectivity index (χ2v) is 3.96. The quantitative estimate of drug-likeness (QED) is 0.448. The zero-order valence-electron chi connectivity index (χ0n) is 13.4. The molecule has 0 atom stereocenters. The molecule has 0 aliphatic carbocycles. The highest BCUT2D eigenvalue weighted by molar-refractivity contribution is 5.85. The van der Waals surface area contributed by atoms with Gasteiger partial charge in [0, 0.05) is 31.6 Å². The number of nitrogens with zero attached hydrogens (tertiary/aromatic N) is 7. The first-order chi connectivity index (χ1) is 11.9. The summed E-state index contributed by atoms with van der Waals surface area (Å²) in [5, 5.41) is 15.5. The summed E-state index contributed by atoms with van der Waals surface area (Å²) in [5.41, 5.74) is -0.949. The largest absolute Gasteiger partial charge is 0.466 e. The molecule has 14 nitrogen and oxygen atoms in total. The fourth-order valence-corrected chi connectivity index (χ4v) is 1.12. The lowest BCUT2D eigenvalue weighted by Crippen LogP contribution is -2.19. The second kappa shape index (κ2) is 9.33. The van der Waals surface area contributed by atoms with Crippen molar-refractivity contribution in [1.29, 1.82) is 0 Å². The molecule has 0 aliphatic heterocycles.